The molecule has 0 spiro atoms. The van der Waals surface area contributed by atoms with Crippen LogP contribution in [0.3, 0.4) is 0 Å². The summed E-state index contributed by atoms with van der Waals surface area (Å²) < 4.78 is 0. The number of rotatable bonds is 5. The number of hydrogen-bond acceptors (Lipinski definition) is 2. The molecule has 2 rings (SSSR count). The molecule has 0 saturated heterocycles. The average molecular weight is 275 g/mol. The largest absolute Gasteiger partial charge is 0.306 e. The molecule has 0 aliphatic rings. The smallest absolute Gasteiger partial charge is 0.0640 e. The first-order chi connectivity index (χ1) is 9.22. The maximum atomic E-state index is 6.28. The highest BCUT2D eigenvalue weighted by atomic mass is 35.5. The van der Waals surface area contributed by atoms with Gasteiger partial charge in [0.1, 0.15) is 0 Å². The predicted octanol–water partition coefficient (Wildman–Crippen LogP) is 4.13. The van der Waals surface area contributed by atoms with E-state index in [1.807, 2.05) is 6.07 Å². The van der Waals surface area contributed by atoms with Gasteiger partial charge >= 0.3 is 0 Å². The maximum Gasteiger partial charge on any atom is 0.0640 e. The summed E-state index contributed by atoms with van der Waals surface area (Å²) in [6.45, 7) is 5.21. The molecule has 1 aromatic heterocycles. The van der Waals surface area contributed by atoms with Gasteiger partial charge < -0.3 is 5.32 Å². The molecule has 0 fully saturated rings. The highest BCUT2D eigenvalue weighted by molar-refractivity contribution is 6.31. The fourth-order valence-corrected chi connectivity index (χ4v) is 2.30. The van der Waals surface area contributed by atoms with Gasteiger partial charge in [-0.2, -0.15) is 0 Å². The van der Waals surface area contributed by atoms with Gasteiger partial charge in [-0.3, -0.25) is 4.98 Å². The Hall–Kier alpha value is -1.38. The molecule has 0 bridgehead atoms. The topological polar surface area (TPSA) is 24.9 Å². The Morgan fingerprint density at radius 1 is 1.21 bits per heavy atom. The van der Waals surface area contributed by atoms with Crippen LogP contribution in [0, 0.1) is 6.92 Å². The molecule has 100 valence electrons. The molecule has 1 unspecified atom stereocenters. The number of nitrogens with zero attached hydrogens (tertiary/aromatic N) is 1. The summed E-state index contributed by atoms with van der Waals surface area (Å²) in [5.41, 5.74) is 3.57. The van der Waals surface area contributed by atoms with E-state index in [-0.39, 0.29) is 6.04 Å². The summed E-state index contributed by atoms with van der Waals surface area (Å²) in [6, 6.07) is 10.7. The Labute approximate surface area is 119 Å². The van der Waals surface area contributed by atoms with Gasteiger partial charge in [-0.1, -0.05) is 48.4 Å². The number of pyridine rings is 1. The Bertz CT molecular complexity index is 523. The van der Waals surface area contributed by atoms with Gasteiger partial charge in [0, 0.05) is 12.4 Å². The van der Waals surface area contributed by atoms with E-state index < -0.39 is 0 Å². The van der Waals surface area contributed by atoms with Crippen LogP contribution >= 0.6 is 11.6 Å². The van der Waals surface area contributed by atoms with E-state index in [4.69, 9.17) is 11.6 Å². The molecule has 19 heavy (non-hydrogen) atoms. The summed E-state index contributed by atoms with van der Waals surface area (Å²) in [5, 5.41) is 4.26. The number of hydrogen-bond donors (Lipinski definition) is 1. The van der Waals surface area contributed by atoms with Crippen LogP contribution in [-0.4, -0.2) is 11.5 Å². The van der Waals surface area contributed by atoms with Gasteiger partial charge in [-0.25, -0.2) is 0 Å². The van der Waals surface area contributed by atoms with Crippen molar-refractivity contribution in [2.45, 2.75) is 26.3 Å². The third kappa shape index (κ3) is 3.55. The van der Waals surface area contributed by atoms with Crippen molar-refractivity contribution in [3.05, 3.63) is 64.4 Å². The van der Waals surface area contributed by atoms with Crippen molar-refractivity contribution in [2.24, 2.45) is 0 Å². The van der Waals surface area contributed by atoms with Crippen LogP contribution in [0.15, 0.2) is 42.7 Å². The number of aromatic nitrogens is 1. The van der Waals surface area contributed by atoms with Gasteiger partial charge in [-0.15, -0.1) is 0 Å². The third-order valence-corrected chi connectivity index (χ3v) is 3.44. The summed E-state index contributed by atoms with van der Waals surface area (Å²) in [5.74, 6) is 0. The maximum absolute atomic E-state index is 6.28. The Balaban J connectivity index is 2.35. The molecule has 2 aromatic rings. The molecular weight excluding hydrogens is 256 g/mol. The number of nitrogens with one attached hydrogen (secondary N) is 1. The van der Waals surface area contributed by atoms with Crippen LogP contribution in [0.25, 0.3) is 0 Å². The summed E-state index contributed by atoms with van der Waals surface area (Å²) in [4.78, 5) is 4.06. The highest BCUT2D eigenvalue weighted by Crippen LogP contribution is 2.27. The molecule has 0 saturated carbocycles. The lowest BCUT2D eigenvalue weighted by Crippen LogP contribution is -2.23. The van der Waals surface area contributed by atoms with Crippen LogP contribution in [-0.2, 0) is 0 Å². The minimum absolute atomic E-state index is 0.121. The molecule has 0 radical (unpaired) electrons. The molecule has 0 aliphatic heterocycles. The number of aryl methyl sites for hydroxylation is 1. The van der Waals surface area contributed by atoms with E-state index in [2.05, 4.69) is 48.4 Å². The van der Waals surface area contributed by atoms with Crippen molar-refractivity contribution in [1.29, 1.82) is 0 Å². The van der Waals surface area contributed by atoms with Gasteiger partial charge in [-0.05, 0) is 37.1 Å². The molecule has 0 aliphatic carbocycles. The third-order valence-electron chi connectivity index (χ3n) is 3.12. The lowest BCUT2D eigenvalue weighted by molar-refractivity contribution is 0.598. The molecule has 1 N–H and O–H groups in total. The van der Waals surface area contributed by atoms with E-state index in [0.29, 0.717) is 5.02 Å². The lowest BCUT2D eigenvalue weighted by Gasteiger charge is -2.20. The van der Waals surface area contributed by atoms with Crippen LogP contribution in [0.5, 0.6) is 0 Å². The second-order valence-corrected chi connectivity index (χ2v) is 5.10. The first-order valence-corrected chi connectivity index (χ1v) is 6.99. The van der Waals surface area contributed by atoms with Gasteiger partial charge in [0.05, 0.1) is 11.1 Å². The summed E-state index contributed by atoms with van der Waals surface area (Å²) in [6.07, 6.45) is 4.58. The first kappa shape index (κ1) is 14.0. The Kier molecular flexibility index (Phi) is 4.94. The van der Waals surface area contributed by atoms with Crippen LogP contribution in [0.4, 0.5) is 0 Å². The molecular formula is C16H19ClN2. The number of benzene rings is 1. The highest BCUT2D eigenvalue weighted by Gasteiger charge is 2.15. The van der Waals surface area contributed by atoms with Crippen molar-refractivity contribution in [3.8, 4) is 0 Å². The van der Waals surface area contributed by atoms with E-state index in [1.165, 1.54) is 11.1 Å². The van der Waals surface area contributed by atoms with Crippen molar-refractivity contribution in [3.63, 3.8) is 0 Å². The van der Waals surface area contributed by atoms with Gasteiger partial charge in [0.25, 0.3) is 0 Å². The zero-order valence-corrected chi connectivity index (χ0v) is 12.1. The lowest BCUT2D eigenvalue weighted by atomic mass is 9.98. The second kappa shape index (κ2) is 6.69. The van der Waals surface area contributed by atoms with Crippen LogP contribution in [0.2, 0.25) is 5.02 Å². The van der Waals surface area contributed by atoms with Crippen molar-refractivity contribution < 1.29 is 0 Å². The van der Waals surface area contributed by atoms with Crippen molar-refractivity contribution in [1.82, 2.24) is 10.3 Å². The molecule has 1 heterocycles. The van der Waals surface area contributed by atoms with Gasteiger partial charge in [0.15, 0.2) is 0 Å². The zero-order valence-electron chi connectivity index (χ0n) is 11.4. The fourth-order valence-electron chi connectivity index (χ4n) is 2.08. The molecule has 0 amide bonds. The van der Waals surface area contributed by atoms with Crippen LogP contribution in [0.1, 0.15) is 36.1 Å². The predicted molar refractivity (Wildman–Crippen MR) is 80.6 cm³/mol. The average Bonchev–Trinajstić information content (AvgIpc) is 2.43. The standard InChI is InChI=1S/C16H19ClN2/c1-3-9-19-16(13-6-4-12(2)5-7-13)14-8-10-18-11-15(14)17/h4-8,10-11,16,19H,3,9H2,1-2H3. The fraction of sp³-hybridized carbons (Fsp3) is 0.312. The molecule has 3 heteroatoms. The molecule has 1 aromatic carbocycles. The molecule has 2 nitrogen and oxygen atoms in total. The first-order valence-electron chi connectivity index (χ1n) is 6.61. The van der Waals surface area contributed by atoms with Crippen molar-refractivity contribution in [2.75, 3.05) is 6.54 Å². The minimum Gasteiger partial charge on any atom is -0.306 e. The second-order valence-electron chi connectivity index (χ2n) is 4.70. The minimum atomic E-state index is 0.121. The van der Waals surface area contributed by atoms with Crippen molar-refractivity contribution >= 4 is 11.6 Å². The Morgan fingerprint density at radius 3 is 2.58 bits per heavy atom. The quantitative estimate of drug-likeness (QED) is 0.887. The van der Waals surface area contributed by atoms with Gasteiger partial charge in [0.2, 0.25) is 0 Å². The Morgan fingerprint density at radius 2 is 1.95 bits per heavy atom. The van der Waals surface area contributed by atoms with Crippen LogP contribution < -0.4 is 5.32 Å². The van der Waals surface area contributed by atoms with E-state index >= 15 is 0 Å². The monoisotopic (exact) mass is 274 g/mol. The van der Waals surface area contributed by atoms with E-state index in [0.717, 1.165) is 18.5 Å². The van der Waals surface area contributed by atoms with E-state index in [1.54, 1.807) is 12.4 Å². The summed E-state index contributed by atoms with van der Waals surface area (Å²) in [7, 11) is 0. The van der Waals surface area contributed by atoms with E-state index in [9.17, 15) is 0 Å². The number of halogens is 1. The SMILES string of the molecule is CCCNC(c1ccc(C)cc1)c1ccncc1Cl. The normalized spacial score (nSPS) is 12.4. The molecule has 1 atom stereocenters. The zero-order chi connectivity index (χ0) is 13.7. The summed E-state index contributed by atoms with van der Waals surface area (Å²) >= 11 is 6.28.